The van der Waals surface area contributed by atoms with E-state index in [2.05, 4.69) is 23.8 Å². The Kier molecular flexibility index (Phi) is 2.04. The fourth-order valence-corrected chi connectivity index (χ4v) is 1.31. The topological polar surface area (TPSA) is 16.8 Å². The van der Waals surface area contributed by atoms with Crippen molar-refractivity contribution in [3.05, 3.63) is 49.4 Å². The molecule has 1 aromatic carbocycles. The van der Waals surface area contributed by atoms with Crippen molar-refractivity contribution in [1.29, 1.82) is 0 Å². The Morgan fingerprint density at radius 3 is 3.08 bits per heavy atom. The van der Waals surface area contributed by atoms with Gasteiger partial charge >= 0.3 is 0 Å². The van der Waals surface area contributed by atoms with Crippen LogP contribution in [-0.2, 0) is 6.54 Å². The molecule has 13 heavy (non-hydrogen) atoms. The third-order valence-corrected chi connectivity index (χ3v) is 1.93. The van der Waals surface area contributed by atoms with Gasteiger partial charge in [-0.2, -0.15) is 0 Å². The highest BCUT2D eigenvalue weighted by Crippen LogP contribution is 2.06. The molecule has 0 N–H and O–H groups in total. The van der Waals surface area contributed by atoms with Crippen molar-refractivity contribution >= 4 is 10.9 Å². The van der Waals surface area contributed by atoms with Crippen molar-refractivity contribution in [2.24, 2.45) is 0 Å². The second-order valence-corrected chi connectivity index (χ2v) is 2.92. The number of fused-ring (bicyclic) bond motifs is 1. The zero-order valence-corrected chi connectivity index (χ0v) is 7.35. The van der Waals surface area contributed by atoms with Crippen LogP contribution in [0.25, 0.3) is 10.9 Å². The van der Waals surface area contributed by atoms with Gasteiger partial charge in [-0.25, -0.2) is 4.57 Å². The van der Waals surface area contributed by atoms with Crippen LogP contribution in [0.4, 0.5) is 0 Å². The molecule has 0 radical (unpaired) electrons. The van der Waals surface area contributed by atoms with E-state index in [9.17, 15) is 0 Å². The molecule has 0 unspecified atom stereocenters. The lowest BCUT2D eigenvalue weighted by molar-refractivity contribution is -0.688. The molecule has 64 valence electrons. The molecule has 0 spiro atoms. The molecule has 2 aromatic rings. The van der Waals surface area contributed by atoms with E-state index in [1.165, 1.54) is 0 Å². The molecule has 0 amide bonds. The van der Waals surface area contributed by atoms with E-state index < -0.39 is 0 Å². The highest BCUT2D eigenvalue weighted by molar-refractivity contribution is 5.76. The fraction of sp³-hybridized carbons (Fsp3) is 0.0909. The van der Waals surface area contributed by atoms with E-state index in [0.29, 0.717) is 0 Å². The smallest absolute Gasteiger partial charge is 0.233 e. The first kappa shape index (κ1) is 7.92. The van der Waals surface area contributed by atoms with Gasteiger partial charge in [0.25, 0.3) is 6.33 Å². The average molecular weight is 171 g/mol. The zero-order chi connectivity index (χ0) is 9.10. The summed E-state index contributed by atoms with van der Waals surface area (Å²) in [5, 5.41) is 1.16. The third-order valence-electron chi connectivity index (χ3n) is 1.93. The van der Waals surface area contributed by atoms with Crippen molar-refractivity contribution in [3.8, 4) is 0 Å². The normalized spacial score (nSPS) is 10.2. The Morgan fingerprint density at radius 2 is 2.23 bits per heavy atom. The molecular weight excluding hydrogens is 160 g/mol. The zero-order valence-electron chi connectivity index (χ0n) is 7.35. The molecule has 0 saturated carbocycles. The maximum atomic E-state index is 4.31. The maximum absolute atomic E-state index is 4.31. The van der Waals surface area contributed by atoms with Crippen LogP contribution in [0.15, 0.2) is 49.4 Å². The van der Waals surface area contributed by atoms with Crippen molar-refractivity contribution in [2.45, 2.75) is 6.54 Å². The van der Waals surface area contributed by atoms with Gasteiger partial charge in [0.05, 0.1) is 5.39 Å². The Hall–Kier alpha value is -1.70. The predicted molar refractivity (Wildman–Crippen MR) is 52.1 cm³/mol. The number of hydrogen-bond donors (Lipinski definition) is 0. The maximum Gasteiger partial charge on any atom is 0.287 e. The van der Waals surface area contributed by atoms with Crippen molar-refractivity contribution in [3.63, 3.8) is 0 Å². The number of aromatic nitrogens is 2. The van der Waals surface area contributed by atoms with E-state index >= 15 is 0 Å². The van der Waals surface area contributed by atoms with Gasteiger partial charge in [-0.3, -0.25) is 0 Å². The molecule has 0 aliphatic carbocycles. The Balaban J connectivity index is 2.55. The summed E-state index contributed by atoms with van der Waals surface area (Å²) in [6, 6.07) is 8.07. The van der Waals surface area contributed by atoms with E-state index in [0.717, 1.165) is 17.4 Å². The molecule has 1 heterocycles. The van der Waals surface area contributed by atoms with Gasteiger partial charge < -0.3 is 0 Å². The SMILES string of the molecule is C=CC[n+]1cnc2ccccc2c1. The summed E-state index contributed by atoms with van der Waals surface area (Å²) in [5.41, 5.74) is 1.03. The third kappa shape index (κ3) is 1.56. The number of allylic oxidation sites excluding steroid dienone is 1. The summed E-state index contributed by atoms with van der Waals surface area (Å²) < 4.78 is 2.01. The first-order chi connectivity index (χ1) is 6.40. The first-order valence-corrected chi connectivity index (χ1v) is 4.25. The number of hydrogen-bond acceptors (Lipinski definition) is 1. The van der Waals surface area contributed by atoms with Gasteiger partial charge in [0, 0.05) is 0 Å². The number of rotatable bonds is 2. The molecule has 2 rings (SSSR count). The minimum Gasteiger partial charge on any atom is -0.233 e. The first-order valence-electron chi connectivity index (χ1n) is 4.25. The fourth-order valence-electron chi connectivity index (χ4n) is 1.31. The molecule has 0 atom stereocenters. The molecule has 0 saturated heterocycles. The lowest BCUT2D eigenvalue weighted by atomic mass is 10.2. The summed E-state index contributed by atoms with van der Waals surface area (Å²) in [7, 11) is 0. The lowest BCUT2D eigenvalue weighted by Crippen LogP contribution is -2.32. The largest absolute Gasteiger partial charge is 0.287 e. The Morgan fingerprint density at radius 1 is 1.38 bits per heavy atom. The van der Waals surface area contributed by atoms with E-state index in [-0.39, 0.29) is 0 Å². The van der Waals surface area contributed by atoms with Gasteiger partial charge in [-0.15, -0.1) is 0 Å². The molecule has 2 nitrogen and oxygen atoms in total. The van der Waals surface area contributed by atoms with Gasteiger partial charge in [-0.1, -0.05) is 24.8 Å². The lowest BCUT2D eigenvalue weighted by Gasteiger charge is -1.94. The molecule has 1 aromatic heterocycles. The molecule has 0 aliphatic rings. The van der Waals surface area contributed by atoms with Crippen LogP contribution >= 0.6 is 0 Å². The molecular formula is C11H11N2+. The van der Waals surface area contributed by atoms with Gasteiger partial charge in [0.15, 0.2) is 5.52 Å². The van der Waals surface area contributed by atoms with Gasteiger partial charge in [0.2, 0.25) is 0 Å². The van der Waals surface area contributed by atoms with Crippen LogP contribution in [0.5, 0.6) is 0 Å². The minimum absolute atomic E-state index is 0.803. The molecule has 0 bridgehead atoms. The second-order valence-electron chi connectivity index (χ2n) is 2.92. The average Bonchev–Trinajstić information content (AvgIpc) is 2.18. The van der Waals surface area contributed by atoms with Crippen molar-refractivity contribution in [2.75, 3.05) is 0 Å². The summed E-state index contributed by atoms with van der Waals surface area (Å²) in [5.74, 6) is 0. The highest BCUT2D eigenvalue weighted by atomic mass is 15.0. The van der Waals surface area contributed by atoms with Crippen LogP contribution in [0.1, 0.15) is 0 Å². The van der Waals surface area contributed by atoms with E-state index in [4.69, 9.17) is 0 Å². The predicted octanol–water partition coefficient (Wildman–Crippen LogP) is 1.71. The summed E-state index contributed by atoms with van der Waals surface area (Å²) in [6.45, 7) is 4.49. The number of para-hydroxylation sites is 1. The van der Waals surface area contributed by atoms with Crippen LogP contribution in [-0.4, -0.2) is 4.98 Å². The van der Waals surface area contributed by atoms with Crippen LogP contribution < -0.4 is 4.57 Å². The second kappa shape index (κ2) is 3.35. The van der Waals surface area contributed by atoms with Crippen molar-refractivity contribution in [1.82, 2.24) is 4.98 Å². The van der Waals surface area contributed by atoms with Crippen LogP contribution in [0, 0.1) is 0 Å². The molecule has 0 aliphatic heterocycles. The highest BCUT2D eigenvalue weighted by Gasteiger charge is 2.00. The van der Waals surface area contributed by atoms with Crippen LogP contribution in [0.3, 0.4) is 0 Å². The van der Waals surface area contributed by atoms with E-state index in [1.54, 1.807) is 0 Å². The Labute approximate surface area is 77.2 Å². The minimum atomic E-state index is 0.803. The van der Waals surface area contributed by atoms with Gasteiger partial charge in [-0.05, 0) is 17.1 Å². The van der Waals surface area contributed by atoms with E-state index in [1.807, 2.05) is 35.2 Å². The monoisotopic (exact) mass is 171 g/mol. The van der Waals surface area contributed by atoms with Gasteiger partial charge in [0.1, 0.15) is 12.7 Å². The number of nitrogens with zero attached hydrogens (tertiary/aromatic N) is 2. The van der Waals surface area contributed by atoms with Crippen LogP contribution in [0.2, 0.25) is 0 Å². The summed E-state index contributed by atoms with van der Waals surface area (Å²) >= 11 is 0. The summed E-state index contributed by atoms with van der Waals surface area (Å²) in [4.78, 5) is 4.31. The molecule has 0 fully saturated rings. The standard InChI is InChI=1S/C11H11N2/c1-2-7-13-8-10-5-3-4-6-11(10)12-9-13/h2-6,8-9H,1,7H2/q+1. The molecule has 2 heteroatoms. The quantitative estimate of drug-likeness (QED) is 0.496. The number of benzene rings is 1. The Bertz CT molecular complexity index is 435. The summed E-state index contributed by atoms with van der Waals surface area (Å²) in [6.07, 6.45) is 5.75. The van der Waals surface area contributed by atoms with Crippen molar-refractivity contribution < 1.29 is 4.57 Å².